The summed E-state index contributed by atoms with van der Waals surface area (Å²) in [5.41, 5.74) is 2.71. The number of hydrogen-bond acceptors (Lipinski definition) is 5. The van der Waals surface area contributed by atoms with Crippen molar-refractivity contribution in [3.05, 3.63) is 63.1 Å². The van der Waals surface area contributed by atoms with Crippen LogP contribution in [0.15, 0.2) is 36.5 Å². The number of carbonyl (C=O) groups is 1. The maximum atomic E-state index is 12.6. The van der Waals surface area contributed by atoms with E-state index < -0.39 is 0 Å². The summed E-state index contributed by atoms with van der Waals surface area (Å²) in [6.45, 7) is 2.72. The molecule has 0 fully saturated rings. The van der Waals surface area contributed by atoms with Gasteiger partial charge in [-0.1, -0.05) is 29.8 Å². The van der Waals surface area contributed by atoms with Crippen molar-refractivity contribution in [3.8, 4) is 0 Å². The number of hydrogen-bond donors (Lipinski definition) is 2. The molecule has 2 N–H and O–H groups in total. The van der Waals surface area contributed by atoms with E-state index in [1.54, 1.807) is 16.0 Å². The van der Waals surface area contributed by atoms with Gasteiger partial charge in [0.1, 0.15) is 5.00 Å². The van der Waals surface area contributed by atoms with Crippen LogP contribution in [0.5, 0.6) is 0 Å². The van der Waals surface area contributed by atoms with Crippen LogP contribution >= 0.6 is 35.2 Å². The third-order valence-corrected chi connectivity index (χ3v) is 6.83. The minimum absolute atomic E-state index is 0.295. The average Bonchev–Trinajstić information content (AvgIpc) is 3.33. The number of rotatable bonds is 6. The molecule has 1 aliphatic carbocycles. The Morgan fingerprint density at radius 1 is 1.26 bits per heavy atom. The second kappa shape index (κ2) is 9.80. The van der Waals surface area contributed by atoms with Gasteiger partial charge in [-0.25, -0.2) is 4.79 Å². The minimum Gasteiger partial charge on any atom is -0.462 e. The zero-order chi connectivity index (χ0) is 21.8. The predicted molar refractivity (Wildman–Crippen MR) is 130 cm³/mol. The summed E-state index contributed by atoms with van der Waals surface area (Å²) in [6, 6.07) is 9.53. The highest BCUT2D eigenvalue weighted by Crippen LogP contribution is 2.38. The molecule has 0 unspecified atom stereocenters. The summed E-state index contributed by atoms with van der Waals surface area (Å²) in [7, 11) is 0. The largest absolute Gasteiger partial charge is 0.462 e. The van der Waals surface area contributed by atoms with Crippen molar-refractivity contribution in [2.45, 2.75) is 39.2 Å². The molecule has 1 aromatic carbocycles. The highest BCUT2D eigenvalue weighted by Gasteiger charge is 2.26. The van der Waals surface area contributed by atoms with E-state index in [1.165, 1.54) is 4.88 Å². The van der Waals surface area contributed by atoms with Crippen LogP contribution < -0.4 is 10.6 Å². The van der Waals surface area contributed by atoms with Crippen molar-refractivity contribution < 1.29 is 9.53 Å². The summed E-state index contributed by atoms with van der Waals surface area (Å²) < 4.78 is 7.09. The van der Waals surface area contributed by atoms with Crippen molar-refractivity contribution >= 4 is 57.1 Å². The number of anilines is 2. The fraction of sp³-hybridized carbons (Fsp3) is 0.318. The van der Waals surface area contributed by atoms with Crippen LogP contribution in [0.25, 0.3) is 0 Å². The van der Waals surface area contributed by atoms with E-state index in [2.05, 4.69) is 15.7 Å². The number of nitrogens with one attached hydrogen (secondary N) is 2. The number of esters is 1. The second-order valence-electron chi connectivity index (χ2n) is 7.20. The molecule has 162 valence electrons. The number of fused-ring (bicyclic) bond motifs is 1. The van der Waals surface area contributed by atoms with E-state index in [4.69, 9.17) is 28.6 Å². The van der Waals surface area contributed by atoms with Crippen LogP contribution in [0.4, 0.5) is 10.8 Å². The Morgan fingerprint density at radius 2 is 2.06 bits per heavy atom. The molecule has 9 heteroatoms. The van der Waals surface area contributed by atoms with E-state index in [9.17, 15) is 4.79 Å². The normalized spacial score (nSPS) is 12.8. The zero-order valence-corrected chi connectivity index (χ0v) is 19.5. The fourth-order valence-electron chi connectivity index (χ4n) is 3.64. The number of halogens is 1. The number of thiocarbonyl (C=S) groups is 1. The lowest BCUT2D eigenvalue weighted by atomic mass is 9.95. The lowest BCUT2D eigenvalue weighted by molar-refractivity contribution is 0.0526. The first-order valence-electron chi connectivity index (χ1n) is 10.2. The molecule has 1 aliphatic rings. The van der Waals surface area contributed by atoms with Crippen LogP contribution in [0.3, 0.4) is 0 Å². The van der Waals surface area contributed by atoms with Crippen LogP contribution in [0.2, 0.25) is 5.02 Å². The third kappa shape index (κ3) is 5.08. The molecule has 0 amide bonds. The van der Waals surface area contributed by atoms with Crippen LogP contribution in [-0.4, -0.2) is 27.5 Å². The SMILES string of the molecule is CCOC(=O)c1c(NC(=S)Nc2ccn(Cc3ccccc3Cl)n2)sc2c1CCCC2. The second-order valence-corrected chi connectivity index (χ2v) is 9.13. The maximum absolute atomic E-state index is 12.6. The number of benzene rings is 1. The van der Waals surface area contributed by atoms with Gasteiger partial charge >= 0.3 is 5.97 Å². The Labute approximate surface area is 195 Å². The minimum atomic E-state index is -0.295. The molecule has 0 spiro atoms. The summed E-state index contributed by atoms with van der Waals surface area (Å²) in [4.78, 5) is 13.8. The average molecular weight is 475 g/mol. The molecular formula is C22H23ClN4O2S2. The fourth-order valence-corrected chi connectivity index (χ4v) is 5.39. The standard InChI is InChI=1S/C22H23ClN4O2S2/c1-2-29-21(28)19-15-8-4-6-10-17(15)31-20(19)25-22(30)24-18-11-12-27(26-18)13-14-7-3-5-9-16(14)23/h3,5,7,9,11-12H,2,4,6,8,10,13H2,1H3,(H2,24,25,26,30). The number of nitrogens with zero attached hydrogens (tertiary/aromatic N) is 2. The molecule has 0 saturated carbocycles. The summed E-state index contributed by atoms with van der Waals surface area (Å²) in [6.07, 6.45) is 5.97. The van der Waals surface area contributed by atoms with Crippen LogP contribution in [0, 0.1) is 0 Å². The van der Waals surface area contributed by atoms with E-state index in [-0.39, 0.29) is 5.97 Å². The van der Waals surface area contributed by atoms with Gasteiger partial charge in [-0.3, -0.25) is 4.68 Å². The van der Waals surface area contributed by atoms with Crippen LogP contribution in [0.1, 0.15) is 46.1 Å². The van der Waals surface area contributed by atoms with Gasteiger partial charge in [0.05, 0.1) is 18.7 Å². The molecule has 2 aromatic heterocycles. The Hall–Kier alpha value is -2.42. The quantitative estimate of drug-likeness (QED) is 0.362. The lowest BCUT2D eigenvalue weighted by Gasteiger charge is -2.12. The number of ether oxygens (including phenoxy) is 1. The van der Waals surface area contributed by atoms with Gasteiger partial charge in [0.15, 0.2) is 10.9 Å². The number of aryl methyl sites for hydroxylation is 1. The monoisotopic (exact) mass is 474 g/mol. The molecule has 0 aliphatic heterocycles. The zero-order valence-electron chi connectivity index (χ0n) is 17.1. The summed E-state index contributed by atoms with van der Waals surface area (Å²) in [5.74, 6) is 0.319. The molecule has 2 heterocycles. The van der Waals surface area contributed by atoms with Gasteiger partial charge in [-0.15, -0.1) is 11.3 Å². The van der Waals surface area contributed by atoms with Crippen molar-refractivity contribution in [2.24, 2.45) is 0 Å². The van der Waals surface area contributed by atoms with Gasteiger partial charge in [-0.2, -0.15) is 5.10 Å². The molecule has 0 radical (unpaired) electrons. The molecule has 0 bridgehead atoms. The third-order valence-electron chi connectivity index (χ3n) is 5.05. The van der Waals surface area contributed by atoms with Gasteiger partial charge < -0.3 is 15.4 Å². The Kier molecular flexibility index (Phi) is 6.89. The van der Waals surface area contributed by atoms with Crippen molar-refractivity contribution in [2.75, 3.05) is 17.2 Å². The Morgan fingerprint density at radius 3 is 2.87 bits per heavy atom. The maximum Gasteiger partial charge on any atom is 0.341 e. The topological polar surface area (TPSA) is 68.2 Å². The molecule has 0 saturated heterocycles. The molecule has 31 heavy (non-hydrogen) atoms. The molecule has 6 nitrogen and oxygen atoms in total. The summed E-state index contributed by atoms with van der Waals surface area (Å²) in [5, 5.41) is 12.6. The van der Waals surface area contributed by atoms with Gasteiger partial charge in [0.2, 0.25) is 0 Å². The predicted octanol–water partition coefficient (Wildman–Crippen LogP) is 5.51. The highest BCUT2D eigenvalue weighted by molar-refractivity contribution is 7.80. The molecule has 0 atom stereocenters. The Balaban J connectivity index is 1.46. The van der Waals surface area contributed by atoms with Crippen molar-refractivity contribution in [1.82, 2.24) is 9.78 Å². The number of carbonyl (C=O) groups excluding carboxylic acids is 1. The molecular weight excluding hydrogens is 452 g/mol. The highest BCUT2D eigenvalue weighted by atomic mass is 35.5. The molecule has 3 aromatic rings. The van der Waals surface area contributed by atoms with Gasteiger partial charge in [0.25, 0.3) is 0 Å². The number of thiophene rings is 1. The first-order valence-corrected chi connectivity index (χ1v) is 11.8. The van der Waals surface area contributed by atoms with Gasteiger partial charge in [-0.05, 0) is 62.0 Å². The summed E-state index contributed by atoms with van der Waals surface area (Å²) >= 11 is 13.3. The van der Waals surface area contributed by atoms with E-state index >= 15 is 0 Å². The van der Waals surface area contributed by atoms with E-state index in [1.807, 2.05) is 43.5 Å². The van der Waals surface area contributed by atoms with E-state index in [0.717, 1.165) is 41.8 Å². The molecule has 4 rings (SSSR count). The first kappa shape index (κ1) is 21.8. The van der Waals surface area contributed by atoms with Gasteiger partial charge in [0, 0.05) is 22.2 Å². The smallest absolute Gasteiger partial charge is 0.341 e. The van der Waals surface area contributed by atoms with Crippen molar-refractivity contribution in [3.63, 3.8) is 0 Å². The van der Waals surface area contributed by atoms with Crippen LogP contribution in [-0.2, 0) is 24.1 Å². The van der Waals surface area contributed by atoms with E-state index in [0.29, 0.717) is 34.7 Å². The number of aromatic nitrogens is 2. The van der Waals surface area contributed by atoms with Crippen molar-refractivity contribution in [1.29, 1.82) is 0 Å². The Bertz CT molecular complexity index is 1110. The lowest BCUT2D eigenvalue weighted by Crippen LogP contribution is -2.21. The first-order chi connectivity index (χ1) is 15.0.